The molecule has 110 valence electrons. The van der Waals surface area contributed by atoms with Crippen molar-refractivity contribution in [2.75, 3.05) is 13.1 Å². The SMILES string of the molecule is O=C(O)C1=NOC2(C1)CN(C(=O)OCc1ccccc1)C2. The fraction of sp³-hybridized carbons (Fsp3) is 0.357. The fourth-order valence-electron chi connectivity index (χ4n) is 2.39. The van der Waals surface area contributed by atoms with E-state index in [1.54, 1.807) is 0 Å². The molecule has 3 rings (SSSR count). The van der Waals surface area contributed by atoms with Gasteiger partial charge in [0.15, 0.2) is 11.3 Å². The number of ether oxygens (including phenoxy) is 1. The summed E-state index contributed by atoms with van der Waals surface area (Å²) in [6.07, 6.45) is -0.220. The van der Waals surface area contributed by atoms with Crippen LogP contribution in [-0.2, 0) is 21.0 Å². The van der Waals surface area contributed by atoms with Crippen LogP contribution in [0.15, 0.2) is 35.5 Å². The number of nitrogens with zero attached hydrogens (tertiary/aromatic N) is 2. The van der Waals surface area contributed by atoms with E-state index in [0.29, 0.717) is 13.1 Å². The molecule has 1 fully saturated rings. The summed E-state index contributed by atoms with van der Waals surface area (Å²) in [4.78, 5) is 29.3. The third-order valence-electron chi connectivity index (χ3n) is 3.51. The molecule has 1 aromatic carbocycles. The lowest BCUT2D eigenvalue weighted by atomic mass is 9.89. The average Bonchev–Trinajstić information content (AvgIpc) is 2.90. The predicted molar refractivity (Wildman–Crippen MR) is 71.7 cm³/mol. The molecule has 2 aliphatic heterocycles. The second kappa shape index (κ2) is 5.08. The van der Waals surface area contributed by atoms with Crippen LogP contribution in [0.2, 0.25) is 0 Å². The van der Waals surface area contributed by atoms with Gasteiger partial charge in [-0.15, -0.1) is 0 Å². The van der Waals surface area contributed by atoms with Crippen molar-refractivity contribution in [3.63, 3.8) is 0 Å². The maximum atomic E-state index is 11.8. The highest BCUT2D eigenvalue weighted by molar-refractivity contribution is 6.36. The van der Waals surface area contributed by atoms with E-state index < -0.39 is 17.7 Å². The number of carboxylic acid groups (broad SMARTS) is 1. The zero-order valence-electron chi connectivity index (χ0n) is 11.2. The molecule has 1 amide bonds. The molecule has 1 aromatic rings. The van der Waals surface area contributed by atoms with Crippen LogP contribution >= 0.6 is 0 Å². The van der Waals surface area contributed by atoms with Gasteiger partial charge in [-0.1, -0.05) is 35.5 Å². The molecule has 2 aliphatic rings. The van der Waals surface area contributed by atoms with E-state index in [2.05, 4.69) is 5.16 Å². The van der Waals surface area contributed by atoms with E-state index in [-0.39, 0.29) is 18.7 Å². The van der Waals surface area contributed by atoms with Crippen LogP contribution in [0.25, 0.3) is 0 Å². The molecule has 0 radical (unpaired) electrons. The highest BCUT2D eigenvalue weighted by Gasteiger charge is 2.53. The summed E-state index contributed by atoms with van der Waals surface area (Å²) >= 11 is 0. The molecule has 7 heteroatoms. The van der Waals surface area contributed by atoms with Crippen LogP contribution < -0.4 is 0 Å². The molecular weight excluding hydrogens is 276 g/mol. The second-order valence-corrected chi connectivity index (χ2v) is 5.19. The minimum atomic E-state index is -1.09. The monoisotopic (exact) mass is 290 g/mol. The van der Waals surface area contributed by atoms with Crippen molar-refractivity contribution in [2.24, 2.45) is 5.16 Å². The van der Waals surface area contributed by atoms with E-state index in [9.17, 15) is 9.59 Å². The largest absolute Gasteiger partial charge is 0.477 e. The second-order valence-electron chi connectivity index (χ2n) is 5.19. The Morgan fingerprint density at radius 2 is 2.05 bits per heavy atom. The number of aliphatic carboxylic acids is 1. The standard InChI is InChI=1S/C14H14N2O5/c17-12(18)11-6-14(21-15-11)8-16(9-14)13(19)20-7-10-4-2-1-3-5-10/h1-5H,6-9H2,(H,17,18). The van der Waals surface area contributed by atoms with Crippen molar-refractivity contribution in [3.05, 3.63) is 35.9 Å². The van der Waals surface area contributed by atoms with Crippen molar-refractivity contribution >= 4 is 17.8 Å². The summed E-state index contributed by atoms with van der Waals surface area (Å²) in [7, 11) is 0. The average molecular weight is 290 g/mol. The van der Waals surface area contributed by atoms with Crippen molar-refractivity contribution in [1.82, 2.24) is 4.90 Å². The first-order valence-electron chi connectivity index (χ1n) is 6.52. The molecule has 1 N–H and O–H groups in total. The van der Waals surface area contributed by atoms with Gasteiger partial charge in [0.25, 0.3) is 0 Å². The lowest BCUT2D eigenvalue weighted by Crippen LogP contribution is -2.63. The van der Waals surface area contributed by atoms with Crippen LogP contribution in [0.4, 0.5) is 4.79 Å². The van der Waals surface area contributed by atoms with Gasteiger partial charge in [-0.25, -0.2) is 9.59 Å². The molecule has 7 nitrogen and oxygen atoms in total. The van der Waals surface area contributed by atoms with Crippen LogP contribution in [0, 0.1) is 0 Å². The summed E-state index contributed by atoms with van der Waals surface area (Å²) in [5.41, 5.74) is 0.224. The third kappa shape index (κ3) is 2.67. The minimum absolute atomic E-state index is 0.00713. The smallest absolute Gasteiger partial charge is 0.410 e. The number of oxime groups is 1. The van der Waals surface area contributed by atoms with E-state index >= 15 is 0 Å². The quantitative estimate of drug-likeness (QED) is 0.904. The van der Waals surface area contributed by atoms with E-state index in [4.69, 9.17) is 14.7 Å². The van der Waals surface area contributed by atoms with Crippen molar-refractivity contribution in [2.45, 2.75) is 18.6 Å². The topological polar surface area (TPSA) is 88.4 Å². The lowest BCUT2D eigenvalue weighted by molar-refractivity contribution is -0.129. The highest BCUT2D eigenvalue weighted by Crippen LogP contribution is 2.34. The summed E-state index contributed by atoms with van der Waals surface area (Å²) in [5.74, 6) is -1.09. The fourth-order valence-corrected chi connectivity index (χ4v) is 2.39. The Kier molecular flexibility index (Phi) is 3.25. The first-order chi connectivity index (χ1) is 10.1. The van der Waals surface area contributed by atoms with Crippen LogP contribution in [0.1, 0.15) is 12.0 Å². The lowest BCUT2D eigenvalue weighted by Gasteiger charge is -2.44. The molecule has 21 heavy (non-hydrogen) atoms. The molecule has 0 atom stereocenters. The van der Waals surface area contributed by atoms with Gasteiger partial charge in [0.1, 0.15) is 6.61 Å². The number of likely N-dealkylation sites (tertiary alicyclic amines) is 1. The molecule has 0 saturated carbocycles. The molecule has 1 spiro atoms. The van der Waals surface area contributed by atoms with Gasteiger partial charge < -0.3 is 14.7 Å². The molecule has 0 unspecified atom stereocenters. The molecule has 1 saturated heterocycles. The van der Waals surface area contributed by atoms with Crippen LogP contribution in [0.3, 0.4) is 0 Å². The molecule has 0 bridgehead atoms. The number of rotatable bonds is 3. The van der Waals surface area contributed by atoms with Crippen LogP contribution in [-0.4, -0.2) is 46.5 Å². The number of carbonyl (C=O) groups excluding carboxylic acids is 1. The highest BCUT2D eigenvalue weighted by atomic mass is 16.7. The summed E-state index contributed by atoms with van der Waals surface area (Å²) in [6.45, 7) is 0.794. The van der Waals surface area contributed by atoms with Gasteiger partial charge in [0.05, 0.1) is 13.1 Å². The van der Waals surface area contributed by atoms with Gasteiger partial charge in [-0.3, -0.25) is 4.90 Å². The Bertz CT molecular complexity index is 593. The summed E-state index contributed by atoms with van der Waals surface area (Å²) < 4.78 is 5.19. The number of carboxylic acids is 1. The first kappa shape index (κ1) is 13.4. The van der Waals surface area contributed by atoms with Gasteiger partial charge in [0.2, 0.25) is 0 Å². The molecular formula is C14H14N2O5. The number of hydrogen-bond acceptors (Lipinski definition) is 5. The van der Waals surface area contributed by atoms with Gasteiger partial charge in [-0.05, 0) is 5.56 Å². The van der Waals surface area contributed by atoms with Crippen molar-refractivity contribution in [1.29, 1.82) is 0 Å². The van der Waals surface area contributed by atoms with Gasteiger partial charge in [-0.2, -0.15) is 0 Å². The van der Waals surface area contributed by atoms with E-state index in [1.165, 1.54) is 4.90 Å². The van der Waals surface area contributed by atoms with E-state index in [1.807, 2.05) is 30.3 Å². The van der Waals surface area contributed by atoms with Crippen molar-refractivity contribution in [3.8, 4) is 0 Å². The number of carbonyl (C=O) groups is 2. The zero-order valence-corrected chi connectivity index (χ0v) is 11.2. The maximum Gasteiger partial charge on any atom is 0.410 e. The molecule has 0 aliphatic carbocycles. The third-order valence-corrected chi connectivity index (χ3v) is 3.51. The molecule has 0 aromatic heterocycles. The van der Waals surface area contributed by atoms with Crippen molar-refractivity contribution < 1.29 is 24.3 Å². The summed E-state index contributed by atoms with van der Waals surface area (Å²) in [6, 6.07) is 9.38. The predicted octanol–water partition coefficient (Wildman–Crippen LogP) is 1.24. The number of amides is 1. The maximum absolute atomic E-state index is 11.8. The van der Waals surface area contributed by atoms with Crippen LogP contribution in [0.5, 0.6) is 0 Å². The van der Waals surface area contributed by atoms with Gasteiger partial charge >= 0.3 is 12.1 Å². The van der Waals surface area contributed by atoms with E-state index in [0.717, 1.165) is 5.56 Å². The number of hydrogen-bond donors (Lipinski definition) is 1. The minimum Gasteiger partial charge on any atom is -0.477 e. The number of benzene rings is 1. The Labute approximate surface area is 120 Å². The first-order valence-corrected chi connectivity index (χ1v) is 6.52. The Morgan fingerprint density at radius 3 is 2.67 bits per heavy atom. The molecule has 2 heterocycles. The zero-order chi connectivity index (χ0) is 14.9. The Morgan fingerprint density at radius 1 is 1.33 bits per heavy atom. The summed E-state index contributed by atoms with van der Waals surface area (Å²) in [5, 5.41) is 12.4. The Balaban J connectivity index is 1.46. The normalized spacial score (nSPS) is 18.7. The van der Waals surface area contributed by atoms with Gasteiger partial charge in [0, 0.05) is 6.42 Å². The Hall–Kier alpha value is -2.57.